The fourth-order valence-electron chi connectivity index (χ4n) is 3.89. The van der Waals surface area contributed by atoms with E-state index >= 15 is 0 Å². The normalized spacial score (nSPS) is 25.0. The van der Waals surface area contributed by atoms with Crippen molar-refractivity contribution in [1.82, 2.24) is 5.32 Å². The van der Waals surface area contributed by atoms with Gasteiger partial charge in [-0.1, -0.05) is 18.9 Å². The summed E-state index contributed by atoms with van der Waals surface area (Å²) in [6.45, 7) is 0.228. The number of carbonyl (C=O) groups excluding carboxylic acids is 1. The van der Waals surface area contributed by atoms with Gasteiger partial charge in [-0.2, -0.15) is 0 Å². The molecule has 7 heteroatoms. The molecule has 0 aromatic heterocycles. The number of halogens is 2. The average molecular weight is 353 g/mol. The van der Waals surface area contributed by atoms with Crippen molar-refractivity contribution in [3.8, 4) is 0 Å². The van der Waals surface area contributed by atoms with Gasteiger partial charge in [0.25, 0.3) is 0 Å². The molecule has 1 saturated carbocycles. The summed E-state index contributed by atoms with van der Waals surface area (Å²) < 4.78 is 32.7. The summed E-state index contributed by atoms with van der Waals surface area (Å²) in [6, 6.07) is 3.56. The first-order valence-corrected chi connectivity index (χ1v) is 8.53. The van der Waals surface area contributed by atoms with Crippen molar-refractivity contribution in [2.45, 2.75) is 56.1 Å². The number of aliphatic carboxylic acids is 1. The van der Waals surface area contributed by atoms with Crippen LogP contribution in [-0.4, -0.2) is 35.7 Å². The quantitative estimate of drug-likeness (QED) is 0.853. The number of ether oxygens (including phenoxy) is 1. The van der Waals surface area contributed by atoms with Crippen molar-refractivity contribution in [2.75, 3.05) is 6.54 Å². The van der Waals surface area contributed by atoms with Gasteiger partial charge >= 0.3 is 5.97 Å². The van der Waals surface area contributed by atoms with Gasteiger partial charge in [-0.3, -0.25) is 4.79 Å². The zero-order chi connectivity index (χ0) is 18.0. The van der Waals surface area contributed by atoms with Crippen LogP contribution in [0.4, 0.5) is 8.78 Å². The number of carbonyl (C=O) groups is 2. The molecule has 0 bridgehead atoms. The van der Waals surface area contributed by atoms with E-state index in [1.165, 1.54) is 12.1 Å². The molecule has 1 aliphatic carbocycles. The van der Waals surface area contributed by atoms with Crippen LogP contribution in [0.1, 0.15) is 44.1 Å². The zero-order valence-electron chi connectivity index (χ0n) is 13.8. The molecule has 1 amide bonds. The molecular weight excluding hydrogens is 332 g/mol. The Hall–Kier alpha value is -2.02. The first-order chi connectivity index (χ1) is 11.9. The van der Waals surface area contributed by atoms with Crippen LogP contribution in [0.3, 0.4) is 0 Å². The Morgan fingerprint density at radius 2 is 1.88 bits per heavy atom. The van der Waals surface area contributed by atoms with E-state index in [9.17, 15) is 18.4 Å². The van der Waals surface area contributed by atoms with Crippen molar-refractivity contribution in [3.05, 3.63) is 35.4 Å². The van der Waals surface area contributed by atoms with Crippen molar-refractivity contribution in [1.29, 1.82) is 0 Å². The Morgan fingerprint density at radius 3 is 2.48 bits per heavy atom. The molecule has 0 radical (unpaired) electrons. The van der Waals surface area contributed by atoms with Crippen LogP contribution >= 0.6 is 0 Å². The molecule has 0 spiro atoms. The lowest BCUT2D eigenvalue weighted by Crippen LogP contribution is -2.43. The Morgan fingerprint density at radius 1 is 1.20 bits per heavy atom. The van der Waals surface area contributed by atoms with Crippen LogP contribution in [0, 0.1) is 11.6 Å². The lowest BCUT2D eigenvalue weighted by molar-refractivity contribution is -0.151. The molecule has 2 fully saturated rings. The van der Waals surface area contributed by atoms with Gasteiger partial charge in [-0.05, 0) is 37.3 Å². The summed E-state index contributed by atoms with van der Waals surface area (Å²) in [5.41, 5.74) is -0.138. The minimum Gasteiger partial charge on any atom is -0.479 e. The fraction of sp³-hybridized carbons (Fsp3) is 0.556. The lowest BCUT2D eigenvalue weighted by atomic mass is 9.78. The Balaban J connectivity index is 1.69. The van der Waals surface area contributed by atoms with E-state index in [1.54, 1.807) is 0 Å². The summed E-state index contributed by atoms with van der Waals surface area (Å²) in [6.07, 6.45) is 2.13. The number of carboxylic acid groups (broad SMARTS) is 1. The second-order valence-corrected chi connectivity index (χ2v) is 6.86. The van der Waals surface area contributed by atoms with Crippen molar-refractivity contribution in [3.63, 3.8) is 0 Å². The second kappa shape index (κ2) is 7.07. The molecule has 3 rings (SSSR count). The van der Waals surface area contributed by atoms with Crippen LogP contribution in [0.5, 0.6) is 0 Å². The first kappa shape index (κ1) is 17.8. The third kappa shape index (κ3) is 3.66. The van der Waals surface area contributed by atoms with Crippen LogP contribution < -0.4 is 5.32 Å². The zero-order valence-corrected chi connectivity index (χ0v) is 13.8. The van der Waals surface area contributed by atoms with Gasteiger partial charge in [-0.25, -0.2) is 13.6 Å². The van der Waals surface area contributed by atoms with E-state index in [0.717, 1.165) is 18.9 Å². The van der Waals surface area contributed by atoms with Gasteiger partial charge in [0.1, 0.15) is 17.7 Å². The topological polar surface area (TPSA) is 75.6 Å². The van der Waals surface area contributed by atoms with Gasteiger partial charge in [0.15, 0.2) is 6.10 Å². The van der Waals surface area contributed by atoms with Crippen molar-refractivity contribution >= 4 is 11.9 Å². The van der Waals surface area contributed by atoms with Crippen LogP contribution in [0.15, 0.2) is 18.2 Å². The molecule has 25 heavy (non-hydrogen) atoms. The summed E-state index contributed by atoms with van der Waals surface area (Å²) in [4.78, 5) is 23.2. The first-order valence-electron chi connectivity index (χ1n) is 8.53. The number of rotatable bonds is 5. The number of benzene rings is 1. The van der Waals surface area contributed by atoms with Crippen molar-refractivity contribution < 1.29 is 28.2 Å². The molecule has 1 heterocycles. The largest absolute Gasteiger partial charge is 0.479 e. The molecule has 2 atom stereocenters. The Bertz CT molecular complexity index is 673. The molecule has 136 valence electrons. The SMILES string of the molecule is O=C(NCC1(c2ccc(F)cc2F)CCCC1)[C@@H]1CC[C@H](C(=O)O)O1. The maximum Gasteiger partial charge on any atom is 0.332 e. The average Bonchev–Trinajstić information content (AvgIpc) is 3.23. The molecular formula is C18H21F2NO4. The standard InChI is InChI=1S/C18H21F2NO4/c19-11-3-4-12(13(20)9-11)18(7-1-2-8-18)10-21-16(22)14-5-6-15(25-14)17(23)24/h3-4,9,14-15H,1-2,5-8,10H2,(H,21,22)(H,23,24)/t14-,15+/m0/s1. The van der Waals surface area contributed by atoms with E-state index in [4.69, 9.17) is 9.84 Å². The van der Waals surface area contributed by atoms with E-state index in [0.29, 0.717) is 31.2 Å². The van der Waals surface area contributed by atoms with E-state index in [1.807, 2.05) is 0 Å². The van der Waals surface area contributed by atoms with Gasteiger partial charge in [-0.15, -0.1) is 0 Å². The van der Waals surface area contributed by atoms with Crippen molar-refractivity contribution in [2.24, 2.45) is 0 Å². The van der Waals surface area contributed by atoms with Crippen LogP contribution in [0.2, 0.25) is 0 Å². The number of hydrogen-bond acceptors (Lipinski definition) is 3. The molecule has 1 aromatic carbocycles. The summed E-state index contributed by atoms with van der Waals surface area (Å²) >= 11 is 0. The molecule has 1 aliphatic heterocycles. The predicted octanol–water partition coefficient (Wildman–Crippen LogP) is 2.53. The molecule has 5 nitrogen and oxygen atoms in total. The Labute approximate surface area is 144 Å². The van der Waals surface area contributed by atoms with Gasteiger partial charge in [0.05, 0.1) is 0 Å². The molecule has 2 N–H and O–H groups in total. The highest BCUT2D eigenvalue weighted by atomic mass is 19.1. The summed E-state index contributed by atoms with van der Waals surface area (Å²) in [5, 5.41) is 11.7. The summed E-state index contributed by atoms with van der Waals surface area (Å²) in [5.74, 6) is -2.68. The van der Waals surface area contributed by atoms with E-state index < -0.39 is 35.2 Å². The summed E-state index contributed by atoms with van der Waals surface area (Å²) in [7, 11) is 0. The highest BCUT2D eigenvalue weighted by Crippen LogP contribution is 2.42. The van der Waals surface area contributed by atoms with Gasteiger partial charge < -0.3 is 15.2 Å². The fourth-order valence-corrected chi connectivity index (χ4v) is 3.89. The molecule has 0 unspecified atom stereocenters. The molecule has 1 saturated heterocycles. The monoisotopic (exact) mass is 353 g/mol. The predicted molar refractivity (Wildman–Crippen MR) is 85.0 cm³/mol. The van der Waals surface area contributed by atoms with Crippen LogP contribution in [-0.2, 0) is 19.7 Å². The maximum absolute atomic E-state index is 14.3. The Kier molecular flexibility index (Phi) is 5.03. The highest BCUT2D eigenvalue weighted by molar-refractivity contribution is 5.82. The van der Waals surface area contributed by atoms with Crippen LogP contribution in [0.25, 0.3) is 0 Å². The molecule has 1 aromatic rings. The van der Waals surface area contributed by atoms with E-state index in [-0.39, 0.29) is 12.5 Å². The van der Waals surface area contributed by atoms with Gasteiger partial charge in [0, 0.05) is 18.0 Å². The highest BCUT2D eigenvalue weighted by Gasteiger charge is 2.40. The van der Waals surface area contributed by atoms with Gasteiger partial charge in [0.2, 0.25) is 5.91 Å². The third-order valence-corrected chi connectivity index (χ3v) is 5.25. The number of hydrogen-bond donors (Lipinski definition) is 2. The minimum absolute atomic E-state index is 0.228. The van der Waals surface area contributed by atoms with E-state index in [2.05, 4.69) is 5.32 Å². The number of nitrogens with one attached hydrogen (secondary N) is 1. The lowest BCUT2D eigenvalue weighted by Gasteiger charge is -2.30. The number of carboxylic acids is 1. The number of amides is 1. The maximum atomic E-state index is 14.3. The second-order valence-electron chi connectivity index (χ2n) is 6.86. The third-order valence-electron chi connectivity index (χ3n) is 5.25. The minimum atomic E-state index is -1.07. The molecule has 2 aliphatic rings. The smallest absolute Gasteiger partial charge is 0.332 e.